The lowest BCUT2D eigenvalue weighted by molar-refractivity contribution is -0.385. The van der Waals surface area contributed by atoms with E-state index >= 15 is 0 Å². The molecule has 1 aromatic rings. The zero-order valence-corrected chi connectivity index (χ0v) is 13.2. The Balaban J connectivity index is 1.92. The van der Waals surface area contributed by atoms with Crippen molar-refractivity contribution in [1.82, 2.24) is 5.32 Å². The molecule has 0 heterocycles. The summed E-state index contributed by atoms with van der Waals surface area (Å²) in [5.74, 6) is -0.276. The summed E-state index contributed by atoms with van der Waals surface area (Å²) < 4.78 is 0.372. The quantitative estimate of drug-likeness (QED) is 0.494. The summed E-state index contributed by atoms with van der Waals surface area (Å²) in [6, 6.07) is 4.39. The number of halogens is 1. The lowest BCUT2D eigenvalue weighted by Crippen LogP contribution is -2.25. The van der Waals surface area contributed by atoms with Gasteiger partial charge in [-0.3, -0.25) is 14.9 Å². The van der Waals surface area contributed by atoms with Gasteiger partial charge in [-0.1, -0.05) is 11.6 Å². The van der Waals surface area contributed by atoms with Crippen LogP contribution in [0.1, 0.15) is 42.5 Å². The third-order valence-electron chi connectivity index (χ3n) is 3.52. The Morgan fingerprint density at radius 2 is 2.19 bits per heavy atom. The standard InChI is InChI=1S/C15H17BrN2O3/c16-13-7-6-12(10-14(13)18(20)21)15(19)17-9-8-11-4-2-1-3-5-11/h4,6-7,10H,1-3,5,8-9H2,(H,17,19). The third kappa shape index (κ3) is 4.39. The Morgan fingerprint density at radius 3 is 2.86 bits per heavy atom. The number of carbonyl (C=O) groups excluding carboxylic acids is 1. The van der Waals surface area contributed by atoms with Crippen LogP contribution in [0, 0.1) is 10.1 Å². The van der Waals surface area contributed by atoms with Crippen molar-refractivity contribution in [2.24, 2.45) is 0 Å². The molecule has 0 aliphatic heterocycles. The van der Waals surface area contributed by atoms with Crippen LogP contribution in [-0.4, -0.2) is 17.4 Å². The van der Waals surface area contributed by atoms with Crippen molar-refractivity contribution in [3.8, 4) is 0 Å². The molecule has 21 heavy (non-hydrogen) atoms. The SMILES string of the molecule is O=C(NCCC1=CCCCC1)c1ccc(Br)c([N+](=O)[O-])c1. The first-order chi connectivity index (χ1) is 10.1. The van der Waals surface area contributed by atoms with Gasteiger partial charge in [0.1, 0.15) is 0 Å². The molecule has 1 N–H and O–H groups in total. The lowest BCUT2D eigenvalue weighted by atomic mass is 9.97. The highest BCUT2D eigenvalue weighted by molar-refractivity contribution is 9.10. The van der Waals surface area contributed by atoms with E-state index in [9.17, 15) is 14.9 Å². The molecular formula is C15H17BrN2O3. The Kier molecular flexibility index (Phi) is 5.50. The van der Waals surface area contributed by atoms with Gasteiger partial charge in [0.2, 0.25) is 0 Å². The molecule has 1 aliphatic rings. The molecule has 5 nitrogen and oxygen atoms in total. The predicted octanol–water partition coefficient (Wildman–Crippen LogP) is 3.98. The molecule has 0 radical (unpaired) electrons. The number of nitrogens with one attached hydrogen (secondary N) is 1. The summed E-state index contributed by atoms with van der Waals surface area (Å²) >= 11 is 3.10. The van der Waals surface area contributed by atoms with Crippen LogP contribution >= 0.6 is 15.9 Å². The maximum atomic E-state index is 12.0. The van der Waals surface area contributed by atoms with Crippen molar-refractivity contribution < 1.29 is 9.72 Å². The number of carbonyl (C=O) groups is 1. The van der Waals surface area contributed by atoms with Gasteiger partial charge in [0, 0.05) is 18.2 Å². The van der Waals surface area contributed by atoms with Crippen molar-refractivity contribution in [3.63, 3.8) is 0 Å². The number of hydrogen-bond acceptors (Lipinski definition) is 3. The topological polar surface area (TPSA) is 72.2 Å². The predicted molar refractivity (Wildman–Crippen MR) is 84.3 cm³/mol. The Labute approximate surface area is 131 Å². The first-order valence-corrected chi connectivity index (χ1v) is 7.77. The van der Waals surface area contributed by atoms with Gasteiger partial charge >= 0.3 is 0 Å². The number of hydrogen-bond donors (Lipinski definition) is 1. The van der Waals surface area contributed by atoms with Crippen LogP contribution in [-0.2, 0) is 0 Å². The fraction of sp³-hybridized carbons (Fsp3) is 0.400. The monoisotopic (exact) mass is 352 g/mol. The molecule has 112 valence electrons. The third-order valence-corrected chi connectivity index (χ3v) is 4.19. The van der Waals surface area contributed by atoms with Crippen molar-refractivity contribution in [2.75, 3.05) is 6.54 Å². The van der Waals surface area contributed by atoms with Crippen molar-refractivity contribution >= 4 is 27.5 Å². The second kappa shape index (κ2) is 7.36. The van der Waals surface area contributed by atoms with E-state index in [-0.39, 0.29) is 11.6 Å². The summed E-state index contributed by atoms with van der Waals surface area (Å²) in [4.78, 5) is 22.4. The largest absolute Gasteiger partial charge is 0.352 e. The van der Waals surface area contributed by atoms with E-state index < -0.39 is 4.92 Å². The molecule has 1 amide bonds. The van der Waals surface area contributed by atoms with Crippen molar-refractivity contribution in [3.05, 3.63) is 50.0 Å². The molecule has 0 spiro atoms. The maximum Gasteiger partial charge on any atom is 0.284 e. The van der Waals surface area contributed by atoms with Crippen LogP contribution in [0.5, 0.6) is 0 Å². The zero-order valence-electron chi connectivity index (χ0n) is 11.6. The van der Waals surface area contributed by atoms with Gasteiger partial charge in [-0.2, -0.15) is 0 Å². The second-order valence-electron chi connectivity index (χ2n) is 5.04. The van der Waals surface area contributed by atoms with E-state index in [2.05, 4.69) is 27.3 Å². The molecule has 0 aromatic heterocycles. The van der Waals surface area contributed by atoms with Crippen LogP contribution in [0.3, 0.4) is 0 Å². The van der Waals surface area contributed by atoms with Gasteiger partial charge in [0.25, 0.3) is 11.6 Å². The maximum absolute atomic E-state index is 12.0. The molecule has 0 atom stereocenters. The van der Waals surface area contributed by atoms with Crippen LogP contribution in [0.4, 0.5) is 5.69 Å². The van der Waals surface area contributed by atoms with Crippen molar-refractivity contribution in [2.45, 2.75) is 32.1 Å². The minimum atomic E-state index is -0.506. The molecular weight excluding hydrogens is 336 g/mol. The smallest absolute Gasteiger partial charge is 0.284 e. The highest BCUT2D eigenvalue weighted by atomic mass is 79.9. The summed E-state index contributed by atoms with van der Waals surface area (Å²) in [7, 11) is 0. The first kappa shape index (κ1) is 15.7. The fourth-order valence-corrected chi connectivity index (χ4v) is 2.76. The van der Waals surface area contributed by atoms with Gasteiger partial charge < -0.3 is 5.32 Å². The highest BCUT2D eigenvalue weighted by Gasteiger charge is 2.15. The number of nitrogens with zero attached hydrogens (tertiary/aromatic N) is 1. The average molecular weight is 353 g/mol. The Morgan fingerprint density at radius 1 is 1.38 bits per heavy atom. The van der Waals surface area contributed by atoms with Gasteiger partial charge in [-0.25, -0.2) is 0 Å². The molecule has 2 rings (SSSR count). The van der Waals surface area contributed by atoms with E-state index in [4.69, 9.17) is 0 Å². The van der Waals surface area contributed by atoms with Crippen LogP contribution < -0.4 is 5.32 Å². The van der Waals surface area contributed by atoms with Gasteiger partial charge in [-0.05, 0) is 60.2 Å². The molecule has 0 unspecified atom stereocenters. The van der Waals surface area contributed by atoms with Crippen molar-refractivity contribution in [1.29, 1.82) is 0 Å². The first-order valence-electron chi connectivity index (χ1n) is 6.98. The fourth-order valence-electron chi connectivity index (χ4n) is 2.36. The van der Waals surface area contributed by atoms with Crippen LogP contribution in [0.2, 0.25) is 0 Å². The van der Waals surface area contributed by atoms with E-state index in [1.54, 1.807) is 6.07 Å². The molecule has 1 aliphatic carbocycles. The molecule has 0 saturated carbocycles. The van der Waals surface area contributed by atoms with Crippen LogP contribution in [0.25, 0.3) is 0 Å². The average Bonchev–Trinajstić information content (AvgIpc) is 2.48. The zero-order chi connectivity index (χ0) is 15.2. The molecule has 1 aromatic carbocycles. The number of benzene rings is 1. The number of allylic oxidation sites excluding steroid dienone is 1. The highest BCUT2D eigenvalue weighted by Crippen LogP contribution is 2.25. The molecule has 0 fully saturated rings. The number of nitro groups is 1. The summed E-state index contributed by atoms with van der Waals surface area (Å²) in [5.41, 5.74) is 1.60. The Bertz CT molecular complexity index is 584. The molecule has 0 bridgehead atoms. The summed E-state index contributed by atoms with van der Waals surface area (Å²) in [5, 5.41) is 13.7. The van der Waals surface area contributed by atoms with E-state index in [1.807, 2.05) is 0 Å². The van der Waals surface area contributed by atoms with E-state index in [0.29, 0.717) is 16.6 Å². The number of rotatable bonds is 5. The van der Waals surface area contributed by atoms with Crippen LogP contribution in [0.15, 0.2) is 34.3 Å². The number of nitro benzene ring substituents is 1. The molecule has 0 saturated heterocycles. The Hall–Kier alpha value is -1.69. The van der Waals surface area contributed by atoms with E-state index in [0.717, 1.165) is 19.3 Å². The minimum absolute atomic E-state index is 0.0994. The minimum Gasteiger partial charge on any atom is -0.352 e. The van der Waals surface area contributed by atoms with Gasteiger partial charge in [0.15, 0.2) is 0 Å². The lowest BCUT2D eigenvalue weighted by Gasteiger charge is -2.13. The second-order valence-corrected chi connectivity index (χ2v) is 5.89. The van der Waals surface area contributed by atoms with E-state index in [1.165, 1.54) is 30.5 Å². The summed E-state index contributed by atoms with van der Waals surface area (Å²) in [6.45, 7) is 0.564. The van der Waals surface area contributed by atoms with Gasteiger partial charge in [-0.15, -0.1) is 0 Å². The molecule has 6 heteroatoms. The summed E-state index contributed by atoms with van der Waals surface area (Å²) in [6.07, 6.45) is 7.81. The number of amides is 1. The van der Waals surface area contributed by atoms with Gasteiger partial charge in [0.05, 0.1) is 9.40 Å². The normalized spacial score (nSPS) is 14.4.